The molecule has 2 saturated heterocycles. The van der Waals surface area contributed by atoms with Gasteiger partial charge in [-0.3, -0.25) is 4.79 Å². The van der Waals surface area contributed by atoms with Crippen LogP contribution in [0.15, 0.2) is 29.2 Å². The summed E-state index contributed by atoms with van der Waals surface area (Å²) in [5.41, 5.74) is 6.84. The molecule has 1 unspecified atom stereocenters. The molecule has 2 N–H and O–H groups in total. The number of halogens is 1. The lowest BCUT2D eigenvalue weighted by molar-refractivity contribution is -0.135. The number of carbonyl (C=O) groups excluding carboxylic acids is 1. The van der Waals surface area contributed by atoms with Crippen molar-refractivity contribution in [3.05, 3.63) is 29.8 Å². The molecule has 6 nitrogen and oxygen atoms in total. The summed E-state index contributed by atoms with van der Waals surface area (Å²) in [5.74, 6) is 0.872. The molecule has 2 aliphatic rings. The molecule has 2 aliphatic heterocycles. The van der Waals surface area contributed by atoms with Crippen molar-refractivity contribution in [3.8, 4) is 0 Å². The zero-order valence-electron chi connectivity index (χ0n) is 16.7. The Balaban J connectivity index is 0.00000280. The number of rotatable bonds is 5. The van der Waals surface area contributed by atoms with Crippen molar-refractivity contribution in [2.24, 2.45) is 17.6 Å². The highest BCUT2D eigenvalue weighted by Crippen LogP contribution is 2.27. The SMILES string of the molecule is CC(C)c1ccc(S(=O)(=O)N2CCC(C(=O)N3CCC(CN)C3)CC2)cc1.Cl. The van der Waals surface area contributed by atoms with Gasteiger partial charge in [0.2, 0.25) is 15.9 Å². The molecule has 0 radical (unpaired) electrons. The molecule has 28 heavy (non-hydrogen) atoms. The quantitative estimate of drug-likeness (QED) is 0.779. The normalized spacial score (nSPS) is 21.7. The van der Waals surface area contributed by atoms with Crippen LogP contribution >= 0.6 is 12.4 Å². The number of carbonyl (C=O) groups is 1. The fourth-order valence-electron chi connectivity index (χ4n) is 4.00. The Labute approximate surface area is 174 Å². The van der Waals surface area contributed by atoms with E-state index in [0.29, 0.717) is 49.2 Å². The molecular weight excluding hydrogens is 398 g/mol. The fraction of sp³-hybridized carbons (Fsp3) is 0.650. The molecule has 3 rings (SSSR count). The molecular formula is C20H32ClN3O3S. The predicted molar refractivity (Wildman–Crippen MR) is 113 cm³/mol. The maximum absolute atomic E-state index is 12.9. The van der Waals surface area contributed by atoms with E-state index < -0.39 is 10.0 Å². The summed E-state index contributed by atoms with van der Waals surface area (Å²) < 4.78 is 27.3. The number of hydrogen-bond acceptors (Lipinski definition) is 4. The lowest BCUT2D eigenvalue weighted by atomic mass is 9.96. The third-order valence-electron chi connectivity index (χ3n) is 5.92. The molecule has 2 heterocycles. The topological polar surface area (TPSA) is 83.7 Å². The van der Waals surface area contributed by atoms with Crippen molar-refractivity contribution in [2.45, 2.75) is 43.9 Å². The van der Waals surface area contributed by atoms with Crippen LogP contribution in [0.3, 0.4) is 0 Å². The summed E-state index contributed by atoms with van der Waals surface area (Å²) in [6.07, 6.45) is 2.15. The van der Waals surface area contributed by atoms with E-state index in [4.69, 9.17) is 5.73 Å². The summed E-state index contributed by atoms with van der Waals surface area (Å²) in [5, 5.41) is 0. The van der Waals surface area contributed by atoms with Gasteiger partial charge >= 0.3 is 0 Å². The van der Waals surface area contributed by atoms with Gasteiger partial charge in [-0.1, -0.05) is 26.0 Å². The molecule has 1 aromatic rings. The highest BCUT2D eigenvalue weighted by atomic mass is 35.5. The van der Waals surface area contributed by atoms with Crippen LogP contribution in [-0.2, 0) is 14.8 Å². The summed E-state index contributed by atoms with van der Waals surface area (Å²) in [7, 11) is -3.49. The third kappa shape index (κ3) is 4.87. The molecule has 2 fully saturated rings. The minimum Gasteiger partial charge on any atom is -0.342 e. The Kier molecular flexibility index (Phi) is 7.90. The van der Waals surface area contributed by atoms with Gasteiger partial charge in [0.05, 0.1) is 4.90 Å². The zero-order chi connectivity index (χ0) is 19.6. The Morgan fingerprint density at radius 2 is 1.71 bits per heavy atom. The van der Waals surface area contributed by atoms with E-state index in [9.17, 15) is 13.2 Å². The lowest BCUT2D eigenvalue weighted by Crippen LogP contribution is -2.44. The van der Waals surface area contributed by atoms with E-state index >= 15 is 0 Å². The molecule has 158 valence electrons. The number of piperidine rings is 1. The van der Waals surface area contributed by atoms with Crippen LogP contribution in [0, 0.1) is 11.8 Å². The largest absolute Gasteiger partial charge is 0.342 e. The summed E-state index contributed by atoms with van der Waals surface area (Å²) in [4.78, 5) is 15.0. The first kappa shape index (κ1) is 23.1. The fourth-order valence-corrected chi connectivity index (χ4v) is 5.47. The molecule has 0 spiro atoms. The number of likely N-dealkylation sites (tertiary alicyclic amines) is 1. The van der Waals surface area contributed by atoms with Crippen molar-refractivity contribution >= 4 is 28.3 Å². The Morgan fingerprint density at radius 3 is 2.21 bits per heavy atom. The molecule has 1 amide bonds. The zero-order valence-corrected chi connectivity index (χ0v) is 18.3. The van der Waals surface area contributed by atoms with E-state index in [-0.39, 0.29) is 24.2 Å². The van der Waals surface area contributed by atoms with Crippen molar-refractivity contribution in [1.29, 1.82) is 0 Å². The van der Waals surface area contributed by atoms with Crippen LogP contribution in [0.4, 0.5) is 0 Å². The molecule has 8 heteroatoms. The average Bonchev–Trinajstić information content (AvgIpc) is 3.17. The van der Waals surface area contributed by atoms with Crippen LogP contribution in [0.2, 0.25) is 0 Å². The van der Waals surface area contributed by atoms with Crippen LogP contribution < -0.4 is 5.73 Å². The van der Waals surface area contributed by atoms with Gasteiger partial charge in [-0.05, 0) is 55.3 Å². The number of hydrogen-bond donors (Lipinski definition) is 1. The molecule has 0 saturated carbocycles. The Hall–Kier alpha value is -1.15. The first-order valence-electron chi connectivity index (χ1n) is 9.92. The van der Waals surface area contributed by atoms with Crippen molar-refractivity contribution in [2.75, 3.05) is 32.7 Å². The maximum atomic E-state index is 12.9. The van der Waals surface area contributed by atoms with Gasteiger partial charge in [-0.25, -0.2) is 8.42 Å². The summed E-state index contributed by atoms with van der Waals surface area (Å²) in [6.45, 7) is 7.12. The minimum absolute atomic E-state index is 0. The number of amides is 1. The highest BCUT2D eigenvalue weighted by Gasteiger charge is 2.35. The van der Waals surface area contributed by atoms with E-state index in [2.05, 4.69) is 13.8 Å². The standard InChI is InChI=1S/C20H31N3O3S.ClH/c1-15(2)17-3-5-19(6-4-17)27(25,26)23-11-8-18(9-12-23)20(24)22-10-7-16(13-21)14-22;/h3-6,15-16,18H,7-14,21H2,1-2H3;1H. The van der Waals surface area contributed by atoms with Gasteiger partial charge in [0.15, 0.2) is 0 Å². The Morgan fingerprint density at radius 1 is 1.11 bits per heavy atom. The van der Waals surface area contributed by atoms with Gasteiger partial charge in [-0.15, -0.1) is 12.4 Å². The monoisotopic (exact) mass is 429 g/mol. The second kappa shape index (κ2) is 9.57. The van der Waals surface area contributed by atoms with Crippen LogP contribution in [0.5, 0.6) is 0 Å². The third-order valence-corrected chi connectivity index (χ3v) is 7.83. The smallest absolute Gasteiger partial charge is 0.243 e. The number of benzene rings is 1. The highest BCUT2D eigenvalue weighted by molar-refractivity contribution is 7.89. The van der Waals surface area contributed by atoms with Gasteiger partial charge in [0, 0.05) is 32.1 Å². The van der Waals surface area contributed by atoms with E-state index in [1.165, 1.54) is 4.31 Å². The number of nitrogens with zero attached hydrogens (tertiary/aromatic N) is 2. The van der Waals surface area contributed by atoms with Crippen LogP contribution in [0.25, 0.3) is 0 Å². The van der Waals surface area contributed by atoms with Gasteiger partial charge in [0.25, 0.3) is 0 Å². The van der Waals surface area contributed by atoms with E-state index in [1.54, 1.807) is 12.1 Å². The first-order chi connectivity index (χ1) is 12.8. The van der Waals surface area contributed by atoms with Crippen molar-refractivity contribution in [3.63, 3.8) is 0 Å². The minimum atomic E-state index is -3.49. The van der Waals surface area contributed by atoms with Crippen LogP contribution in [-0.4, -0.2) is 56.3 Å². The number of nitrogens with two attached hydrogens (primary N) is 1. The van der Waals surface area contributed by atoms with Gasteiger partial charge in [0.1, 0.15) is 0 Å². The van der Waals surface area contributed by atoms with Gasteiger partial charge < -0.3 is 10.6 Å². The van der Waals surface area contributed by atoms with E-state index in [0.717, 1.165) is 25.1 Å². The van der Waals surface area contributed by atoms with Crippen LogP contribution in [0.1, 0.15) is 44.6 Å². The average molecular weight is 430 g/mol. The second-order valence-corrected chi connectivity index (χ2v) is 10.0. The number of sulfonamides is 1. The maximum Gasteiger partial charge on any atom is 0.243 e. The molecule has 0 aliphatic carbocycles. The Bertz CT molecular complexity index is 759. The molecule has 1 aromatic carbocycles. The van der Waals surface area contributed by atoms with E-state index in [1.807, 2.05) is 17.0 Å². The predicted octanol–water partition coefficient (Wildman–Crippen LogP) is 2.44. The van der Waals surface area contributed by atoms with Crippen molar-refractivity contribution < 1.29 is 13.2 Å². The second-order valence-electron chi connectivity index (χ2n) is 8.08. The molecule has 0 bridgehead atoms. The first-order valence-corrected chi connectivity index (χ1v) is 11.4. The summed E-state index contributed by atoms with van der Waals surface area (Å²) >= 11 is 0. The molecule has 1 atom stereocenters. The van der Waals surface area contributed by atoms with Gasteiger partial charge in [-0.2, -0.15) is 4.31 Å². The van der Waals surface area contributed by atoms with Crippen molar-refractivity contribution in [1.82, 2.24) is 9.21 Å². The molecule has 0 aromatic heterocycles. The lowest BCUT2D eigenvalue weighted by Gasteiger charge is -2.32. The summed E-state index contributed by atoms with van der Waals surface area (Å²) in [6, 6.07) is 7.16.